The second-order valence-corrected chi connectivity index (χ2v) is 11.5. The summed E-state index contributed by atoms with van der Waals surface area (Å²) in [5, 5.41) is 2.80. The van der Waals surface area contributed by atoms with Crippen molar-refractivity contribution >= 4 is 43.5 Å². The molecular formula is C29H34BrN3O5S. The second kappa shape index (κ2) is 14.1. The third kappa shape index (κ3) is 7.83. The fourth-order valence-electron chi connectivity index (χ4n) is 4.13. The Balaban J connectivity index is 2.04. The van der Waals surface area contributed by atoms with E-state index in [4.69, 9.17) is 4.74 Å². The quantitative estimate of drug-likeness (QED) is 0.292. The van der Waals surface area contributed by atoms with Crippen LogP contribution in [0.3, 0.4) is 0 Å². The Morgan fingerprint density at radius 3 is 2.13 bits per heavy atom. The van der Waals surface area contributed by atoms with Crippen LogP contribution in [0.15, 0.2) is 88.2 Å². The van der Waals surface area contributed by atoms with E-state index >= 15 is 0 Å². The van der Waals surface area contributed by atoms with Gasteiger partial charge in [-0.3, -0.25) is 13.9 Å². The van der Waals surface area contributed by atoms with E-state index in [9.17, 15) is 18.0 Å². The molecule has 0 radical (unpaired) electrons. The number of hydrogen-bond donors (Lipinski definition) is 1. The Morgan fingerprint density at radius 2 is 1.56 bits per heavy atom. The van der Waals surface area contributed by atoms with Crippen LogP contribution in [-0.4, -0.2) is 50.9 Å². The molecule has 2 amide bonds. The molecule has 0 aliphatic heterocycles. The molecule has 0 aliphatic rings. The molecule has 8 nitrogen and oxygen atoms in total. The highest BCUT2D eigenvalue weighted by Crippen LogP contribution is 2.27. The Morgan fingerprint density at radius 1 is 0.923 bits per heavy atom. The van der Waals surface area contributed by atoms with Gasteiger partial charge in [0.2, 0.25) is 11.8 Å². The summed E-state index contributed by atoms with van der Waals surface area (Å²) in [5.41, 5.74) is 1.14. The summed E-state index contributed by atoms with van der Waals surface area (Å²) in [4.78, 5) is 28.4. The van der Waals surface area contributed by atoms with Gasteiger partial charge in [0.25, 0.3) is 10.0 Å². The van der Waals surface area contributed by atoms with Gasteiger partial charge in [0.05, 0.1) is 17.2 Å². The van der Waals surface area contributed by atoms with Gasteiger partial charge in [-0.05, 0) is 74.4 Å². The minimum absolute atomic E-state index is 0.0396. The number of carbonyl (C=O) groups excluding carboxylic acids is 2. The third-order valence-electron chi connectivity index (χ3n) is 6.05. The summed E-state index contributed by atoms with van der Waals surface area (Å²) in [7, 11) is -4.14. The summed E-state index contributed by atoms with van der Waals surface area (Å²) in [6.07, 6.45) is 0.368. The number of halogens is 1. The molecule has 1 unspecified atom stereocenters. The van der Waals surface area contributed by atoms with Crippen LogP contribution in [0.5, 0.6) is 5.75 Å². The van der Waals surface area contributed by atoms with Crippen molar-refractivity contribution in [1.29, 1.82) is 0 Å². The van der Waals surface area contributed by atoms with Crippen molar-refractivity contribution in [2.75, 3.05) is 24.0 Å². The molecule has 3 aromatic carbocycles. The highest BCUT2D eigenvalue weighted by atomic mass is 79.9. The van der Waals surface area contributed by atoms with Gasteiger partial charge in [0.1, 0.15) is 18.3 Å². The standard InChI is InChI=1S/C29H34BrN3O5S/c1-4-27(29(35)31-5-2)32(20-22-10-8-7-9-11-22)28(34)21-33(24-14-16-25(17-15-24)38-6-3)39(36,37)26-18-12-23(30)13-19-26/h7-19,27H,4-6,20-21H2,1-3H3,(H,31,35). The number of rotatable bonds is 13. The number of benzene rings is 3. The van der Waals surface area contributed by atoms with Crippen molar-refractivity contribution in [3.05, 3.63) is 88.9 Å². The summed E-state index contributed by atoms with van der Waals surface area (Å²) in [6, 6.07) is 21.3. The van der Waals surface area contributed by atoms with E-state index in [1.165, 1.54) is 17.0 Å². The van der Waals surface area contributed by atoms with E-state index in [0.29, 0.717) is 31.0 Å². The van der Waals surface area contributed by atoms with Crippen molar-refractivity contribution in [2.24, 2.45) is 0 Å². The summed E-state index contributed by atoms with van der Waals surface area (Å²) in [6.45, 7) is 6.04. The summed E-state index contributed by atoms with van der Waals surface area (Å²) >= 11 is 3.34. The zero-order chi connectivity index (χ0) is 28.4. The smallest absolute Gasteiger partial charge is 0.264 e. The predicted octanol–water partition coefficient (Wildman–Crippen LogP) is 4.99. The lowest BCUT2D eigenvalue weighted by molar-refractivity contribution is -0.140. The summed E-state index contributed by atoms with van der Waals surface area (Å²) in [5.74, 6) is -0.194. The number of amides is 2. The van der Waals surface area contributed by atoms with E-state index in [2.05, 4.69) is 21.2 Å². The number of nitrogens with one attached hydrogen (secondary N) is 1. The van der Waals surface area contributed by atoms with Gasteiger partial charge in [0.15, 0.2) is 0 Å². The Bertz CT molecular complexity index is 1330. The molecule has 1 N–H and O–H groups in total. The third-order valence-corrected chi connectivity index (χ3v) is 8.37. The van der Waals surface area contributed by atoms with E-state index in [1.54, 1.807) is 36.4 Å². The van der Waals surface area contributed by atoms with Crippen molar-refractivity contribution in [1.82, 2.24) is 10.2 Å². The lowest BCUT2D eigenvalue weighted by atomic mass is 10.1. The molecule has 0 fully saturated rings. The first-order valence-electron chi connectivity index (χ1n) is 12.8. The van der Waals surface area contributed by atoms with Gasteiger partial charge in [-0.2, -0.15) is 0 Å². The van der Waals surface area contributed by atoms with Crippen LogP contribution in [-0.2, 0) is 26.2 Å². The van der Waals surface area contributed by atoms with Crippen LogP contribution in [0.2, 0.25) is 0 Å². The SMILES string of the molecule is CCNC(=O)C(CC)N(Cc1ccccc1)C(=O)CN(c1ccc(OCC)cc1)S(=O)(=O)c1ccc(Br)cc1. The minimum Gasteiger partial charge on any atom is -0.494 e. The molecule has 3 aromatic rings. The number of likely N-dealkylation sites (N-methyl/N-ethyl adjacent to an activating group) is 1. The number of carbonyl (C=O) groups is 2. The topological polar surface area (TPSA) is 96.0 Å². The highest BCUT2D eigenvalue weighted by Gasteiger charge is 2.33. The van der Waals surface area contributed by atoms with E-state index < -0.39 is 28.5 Å². The van der Waals surface area contributed by atoms with Crippen molar-refractivity contribution in [2.45, 2.75) is 44.7 Å². The zero-order valence-corrected chi connectivity index (χ0v) is 24.7. The van der Waals surface area contributed by atoms with Gasteiger partial charge in [-0.1, -0.05) is 53.2 Å². The fraction of sp³-hybridized carbons (Fsp3) is 0.310. The van der Waals surface area contributed by atoms with Crippen LogP contribution in [0, 0.1) is 0 Å². The van der Waals surface area contributed by atoms with Crippen molar-refractivity contribution in [3.63, 3.8) is 0 Å². The van der Waals surface area contributed by atoms with Gasteiger partial charge in [-0.15, -0.1) is 0 Å². The van der Waals surface area contributed by atoms with Crippen LogP contribution in [0.1, 0.15) is 32.8 Å². The lowest BCUT2D eigenvalue weighted by Gasteiger charge is -2.33. The number of nitrogens with zero attached hydrogens (tertiary/aromatic N) is 2. The first-order valence-corrected chi connectivity index (χ1v) is 15.1. The van der Waals surface area contributed by atoms with Crippen LogP contribution in [0.25, 0.3) is 0 Å². The number of ether oxygens (including phenoxy) is 1. The average molecular weight is 617 g/mol. The van der Waals surface area contributed by atoms with Gasteiger partial charge >= 0.3 is 0 Å². The molecule has 0 heterocycles. The fourth-order valence-corrected chi connectivity index (χ4v) is 5.81. The molecule has 0 bridgehead atoms. The largest absolute Gasteiger partial charge is 0.494 e. The second-order valence-electron chi connectivity index (χ2n) is 8.72. The molecule has 0 saturated heterocycles. The van der Waals surface area contributed by atoms with Crippen LogP contribution < -0.4 is 14.4 Å². The minimum atomic E-state index is -4.14. The maximum absolute atomic E-state index is 13.9. The van der Waals surface area contributed by atoms with Gasteiger partial charge in [0, 0.05) is 17.6 Å². The Kier molecular flexibility index (Phi) is 10.9. The highest BCUT2D eigenvalue weighted by molar-refractivity contribution is 9.10. The molecule has 1 atom stereocenters. The average Bonchev–Trinajstić information content (AvgIpc) is 2.93. The molecule has 0 spiro atoms. The van der Waals surface area contributed by atoms with Crippen LogP contribution >= 0.6 is 15.9 Å². The first-order chi connectivity index (χ1) is 18.7. The monoisotopic (exact) mass is 615 g/mol. The Hall–Kier alpha value is -3.37. The number of hydrogen-bond acceptors (Lipinski definition) is 5. The molecule has 10 heteroatoms. The molecule has 39 heavy (non-hydrogen) atoms. The van der Waals surface area contributed by atoms with E-state index in [-0.39, 0.29) is 17.3 Å². The molecule has 3 rings (SSSR count). The van der Waals surface area contributed by atoms with Gasteiger partial charge < -0.3 is 15.0 Å². The summed E-state index contributed by atoms with van der Waals surface area (Å²) < 4.78 is 35.1. The maximum atomic E-state index is 13.9. The predicted molar refractivity (Wildman–Crippen MR) is 156 cm³/mol. The van der Waals surface area contributed by atoms with Crippen molar-refractivity contribution in [3.8, 4) is 5.75 Å². The molecule has 0 saturated carbocycles. The van der Waals surface area contributed by atoms with Gasteiger partial charge in [-0.25, -0.2) is 8.42 Å². The Labute approximate surface area is 239 Å². The molecule has 208 valence electrons. The maximum Gasteiger partial charge on any atom is 0.264 e. The number of sulfonamides is 1. The molecule has 0 aliphatic carbocycles. The zero-order valence-electron chi connectivity index (χ0n) is 22.3. The van der Waals surface area contributed by atoms with Crippen molar-refractivity contribution < 1.29 is 22.7 Å². The van der Waals surface area contributed by atoms with E-state index in [1.807, 2.05) is 51.1 Å². The number of anilines is 1. The van der Waals surface area contributed by atoms with E-state index in [0.717, 1.165) is 14.3 Å². The first kappa shape index (κ1) is 30.2. The normalized spacial score (nSPS) is 11.9. The molecule has 0 aromatic heterocycles. The lowest BCUT2D eigenvalue weighted by Crippen LogP contribution is -2.52. The molecular weight excluding hydrogens is 582 g/mol. The van der Waals surface area contributed by atoms with Crippen LogP contribution in [0.4, 0.5) is 5.69 Å².